The number of anilines is 1. The fourth-order valence-electron chi connectivity index (χ4n) is 3.03. The van der Waals surface area contributed by atoms with Crippen LogP contribution < -0.4 is 5.32 Å². The Balaban J connectivity index is 2.02. The molecule has 8 nitrogen and oxygen atoms in total. The zero-order valence-electron chi connectivity index (χ0n) is 16.3. The minimum absolute atomic E-state index is 0.0719. The molecule has 1 heterocycles. The van der Waals surface area contributed by atoms with Crippen LogP contribution in [0.15, 0.2) is 23.1 Å². The van der Waals surface area contributed by atoms with Crippen LogP contribution in [-0.4, -0.2) is 69.8 Å². The highest BCUT2D eigenvalue weighted by Crippen LogP contribution is 2.27. The molecule has 0 aromatic heterocycles. The van der Waals surface area contributed by atoms with E-state index >= 15 is 0 Å². The van der Waals surface area contributed by atoms with Gasteiger partial charge in [-0.1, -0.05) is 11.6 Å². The van der Waals surface area contributed by atoms with Crippen molar-refractivity contribution in [1.82, 2.24) is 9.21 Å². The lowest BCUT2D eigenvalue weighted by Crippen LogP contribution is -2.43. The summed E-state index contributed by atoms with van der Waals surface area (Å²) < 4.78 is 30.8. The summed E-state index contributed by atoms with van der Waals surface area (Å²) in [6.07, 6.45) is 1.56. The molecule has 1 aromatic rings. The quantitative estimate of drug-likeness (QED) is 0.661. The molecule has 0 saturated carbocycles. The van der Waals surface area contributed by atoms with Crippen LogP contribution in [0.1, 0.15) is 19.8 Å². The molecule has 1 amide bonds. The van der Waals surface area contributed by atoms with E-state index in [1.54, 1.807) is 13.0 Å². The number of likely N-dealkylation sites (tertiary alicyclic amines) is 1. The van der Waals surface area contributed by atoms with Gasteiger partial charge >= 0.3 is 5.97 Å². The van der Waals surface area contributed by atoms with Gasteiger partial charge < -0.3 is 10.1 Å². The summed E-state index contributed by atoms with van der Waals surface area (Å²) in [4.78, 5) is 26.1. The van der Waals surface area contributed by atoms with Crippen LogP contribution in [0.3, 0.4) is 0 Å². The lowest BCUT2D eigenvalue weighted by molar-refractivity contribution is -0.150. The summed E-state index contributed by atoms with van der Waals surface area (Å²) in [7, 11) is -0.907. The van der Waals surface area contributed by atoms with E-state index in [1.807, 2.05) is 4.90 Å². The molecule has 1 aromatic carbocycles. The number of nitrogens with one attached hydrogen (secondary N) is 1. The minimum Gasteiger partial charge on any atom is -0.466 e. The van der Waals surface area contributed by atoms with Crippen LogP contribution in [0.5, 0.6) is 0 Å². The molecule has 0 aliphatic carbocycles. The molecule has 10 heteroatoms. The van der Waals surface area contributed by atoms with Crippen LogP contribution in [0.25, 0.3) is 0 Å². The molecule has 0 spiro atoms. The normalized spacial score (nSPS) is 18.1. The van der Waals surface area contributed by atoms with Crippen LogP contribution in [0.4, 0.5) is 5.69 Å². The number of ether oxygens (including phenoxy) is 1. The van der Waals surface area contributed by atoms with Gasteiger partial charge in [0.1, 0.15) is 4.90 Å². The van der Waals surface area contributed by atoms with Crippen molar-refractivity contribution in [2.75, 3.05) is 45.7 Å². The maximum absolute atomic E-state index is 12.4. The molecular formula is C18H26ClN3O5S. The van der Waals surface area contributed by atoms with E-state index in [1.165, 1.54) is 26.2 Å². The summed E-state index contributed by atoms with van der Waals surface area (Å²) in [6, 6.07) is 4.32. The Morgan fingerprint density at radius 3 is 2.71 bits per heavy atom. The van der Waals surface area contributed by atoms with Gasteiger partial charge in [-0.2, -0.15) is 0 Å². The van der Waals surface area contributed by atoms with Crippen molar-refractivity contribution in [2.24, 2.45) is 5.92 Å². The highest BCUT2D eigenvalue weighted by molar-refractivity contribution is 7.89. The van der Waals surface area contributed by atoms with Gasteiger partial charge in [0, 0.05) is 26.3 Å². The van der Waals surface area contributed by atoms with Crippen molar-refractivity contribution in [2.45, 2.75) is 24.7 Å². The van der Waals surface area contributed by atoms with Crippen molar-refractivity contribution in [3.63, 3.8) is 0 Å². The lowest BCUT2D eigenvalue weighted by Gasteiger charge is -2.30. The third-order valence-electron chi connectivity index (χ3n) is 4.47. The molecule has 1 aliphatic heterocycles. The number of rotatable bonds is 7. The van der Waals surface area contributed by atoms with Gasteiger partial charge in [0.2, 0.25) is 15.9 Å². The molecule has 156 valence electrons. The van der Waals surface area contributed by atoms with Gasteiger partial charge in [0.05, 0.1) is 24.1 Å². The van der Waals surface area contributed by atoms with E-state index in [2.05, 4.69) is 5.32 Å². The smallest absolute Gasteiger partial charge is 0.310 e. The summed E-state index contributed by atoms with van der Waals surface area (Å²) in [5.74, 6) is -0.752. The number of hydrogen-bond donors (Lipinski definition) is 1. The number of carbonyl (C=O) groups excluding carboxylic acids is 2. The Morgan fingerprint density at radius 1 is 1.36 bits per heavy atom. The molecule has 1 fully saturated rings. The Morgan fingerprint density at radius 2 is 2.07 bits per heavy atom. The number of amides is 1. The van der Waals surface area contributed by atoms with Gasteiger partial charge in [-0.3, -0.25) is 14.5 Å². The Bertz CT molecular complexity index is 829. The van der Waals surface area contributed by atoms with Crippen molar-refractivity contribution in [3.05, 3.63) is 23.2 Å². The molecule has 1 N–H and O–H groups in total. The second kappa shape index (κ2) is 9.69. The monoisotopic (exact) mass is 431 g/mol. The summed E-state index contributed by atoms with van der Waals surface area (Å²) in [5.41, 5.74) is 0.341. The molecule has 1 unspecified atom stereocenters. The molecule has 28 heavy (non-hydrogen) atoms. The van der Waals surface area contributed by atoms with E-state index in [0.29, 0.717) is 25.4 Å². The number of hydrogen-bond acceptors (Lipinski definition) is 6. The topological polar surface area (TPSA) is 96.0 Å². The zero-order chi connectivity index (χ0) is 20.9. The predicted octanol–water partition coefficient (Wildman–Crippen LogP) is 1.80. The number of sulfonamides is 1. The van der Waals surface area contributed by atoms with Crippen LogP contribution in [-0.2, 0) is 24.3 Å². The summed E-state index contributed by atoms with van der Waals surface area (Å²) in [5, 5.41) is 2.78. The standard InChI is InChI=1S/C18H26ClN3O5S/c1-4-27-18(24)13-6-5-9-22(11-13)12-17(23)20-14-7-8-15(19)16(10-14)28(25,26)21(2)3/h7-8,10,13H,4-6,9,11-12H2,1-3H3,(H,20,23). The molecule has 0 radical (unpaired) electrons. The number of halogens is 1. The van der Waals surface area contributed by atoms with Gasteiger partial charge in [-0.25, -0.2) is 12.7 Å². The molecular weight excluding hydrogens is 406 g/mol. The van der Waals surface area contributed by atoms with E-state index in [9.17, 15) is 18.0 Å². The zero-order valence-corrected chi connectivity index (χ0v) is 17.8. The first-order valence-corrected chi connectivity index (χ1v) is 10.9. The SMILES string of the molecule is CCOC(=O)C1CCCN(CC(=O)Nc2ccc(Cl)c(S(=O)(=O)N(C)C)c2)C1. The summed E-state index contributed by atoms with van der Waals surface area (Å²) in [6.45, 7) is 3.39. The maximum atomic E-state index is 12.4. The van der Waals surface area contributed by atoms with Gasteiger partial charge in [0.15, 0.2) is 0 Å². The molecule has 2 rings (SSSR count). The van der Waals surface area contributed by atoms with Gasteiger partial charge in [-0.05, 0) is 44.5 Å². The highest BCUT2D eigenvalue weighted by Gasteiger charge is 2.28. The van der Waals surface area contributed by atoms with Crippen molar-refractivity contribution < 1.29 is 22.7 Å². The molecule has 1 aliphatic rings. The van der Waals surface area contributed by atoms with E-state index < -0.39 is 10.0 Å². The van der Waals surface area contributed by atoms with E-state index in [0.717, 1.165) is 17.1 Å². The minimum atomic E-state index is -3.73. The first-order chi connectivity index (χ1) is 13.1. The molecule has 1 atom stereocenters. The van der Waals surface area contributed by atoms with E-state index in [4.69, 9.17) is 16.3 Å². The fourth-order valence-corrected chi connectivity index (χ4v) is 4.42. The second-order valence-electron chi connectivity index (χ2n) is 6.81. The highest BCUT2D eigenvalue weighted by atomic mass is 35.5. The number of piperidine rings is 1. The average Bonchev–Trinajstić information content (AvgIpc) is 2.63. The van der Waals surface area contributed by atoms with Gasteiger partial charge in [0.25, 0.3) is 0 Å². The third kappa shape index (κ3) is 5.66. The van der Waals surface area contributed by atoms with Crippen molar-refractivity contribution >= 4 is 39.2 Å². The first-order valence-electron chi connectivity index (χ1n) is 9.06. The van der Waals surface area contributed by atoms with Crippen molar-refractivity contribution in [3.8, 4) is 0 Å². The predicted molar refractivity (Wildman–Crippen MR) is 107 cm³/mol. The largest absolute Gasteiger partial charge is 0.466 e. The van der Waals surface area contributed by atoms with Crippen LogP contribution >= 0.6 is 11.6 Å². The fraction of sp³-hybridized carbons (Fsp3) is 0.556. The van der Waals surface area contributed by atoms with E-state index in [-0.39, 0.29) is 34.3 Å². The third-order valence-corrected chi connectivity index (χ3v) is 6.76. The second-order valence-corrected chi connectivity index (χ2v) is 9.33. The number of esters is 1. The lowest BCUT2D eigenvalue weighted by atomic mass is 9.98. The maximum Gasteiger partial charge on any atom is 0.310 e. The Labute approximate surface area is 170 Å². The Kier molecular flexibility index (Phi) is 7.82. The summed E-state index contributed by atoms with van der Waals surface area (Å²) >= 11 is 6.02. The average molecular weight is 432 g/mol. The molecule has 0 bridgehead atoms. The number of carbonyl (C=O) groups is 2. The van der Waals surface area contributed by atoms with Crippen LogP contribution in [0.2, 0.25) is 5.02 Å². The van der Waals surface area contributed by atoms with Crippen LogP contribution in [0, 0.1) is 5.92 Å². The molecule has 1 saturated heterocycles. The van der Waals surface area contributed by atoms with Gasteiger partial charge in [-0.15, -0.1) is 0 Å². The number of benzene rings is 1. The van der Waals surface area contributed by atoms with Crippen molar-refractivity contribution in [1.29, 1.82) is 0 Å². The number of nitrogens with zero attached hydrogens (tertiary/aromatic N) is 2. The first kappa shape index (κ1) is 22.6. The Hall–Kier alpha value is -1.68.